The van der Waals surface area contributed by atoms with E-state index in [0.29, 0.717) is 5.60 Å². The molecule has 1 N–H and O–H groups in total. The largest absolute Gasteiger partial charge is 0.369 e. The fourth-order valence-electron chi connectivity index (χ4n) is 2.54. The summed E-state index contributed by atoms with van der Waals surface area (Å²) in [6, 6.07) is 1.59. The third-order valence-electron chi connectivity index (χ3n) is 3.12. The van der Waals surface area contributed by atoms with E-state index >= 15 is 0 Å². The molecule has 1 spiro atoms. The molecule has 3 rings (SSSR count). The van der Waals surface area contributed by atoms with E-state index in [1.807, 2.05) is 0 Å². The average molecular weight is 139 g/mol. The van der Waals surface area contributed by atoms with Gasteiger partial charge in [0.1, 0.15) is 0 Å². The smallest absolute Gasteiger partial charge is 0.0946 e. The summed E-state index contributed by atoms with van der Waals surface area (Å²) in [5.41, 5.74) is 0.372. The van der Waals surface area contributed by atoms with Crippen molar-refractivity contribution in [3.05, 3.63) is 0 Å². The van der Waals surface area contributed by atoms with Gasteiger partial charge in [0.15, 0.2) is 0 Å². The first-order valence-electron chi connectivity index (χ1n) is 4.26. The molecule has 2 atom stereocenters. The minimum atomic E-state index is 0.372. The standard InChI is InChI=1S/C8H13NO/c1-2-7-4-8(5-10-8)3-6(1)9-7/h6-7,9H,1-5H2. The van der Waals surface area contributed by atoms with Crippen molar-refractivity contribution >= 4 is 0 Å². The quantitative estimate of drug-likeness (QED) is 0.499. The number of rotatable bonds is 0. The van der Waals surface area contributed by atoms with Crippen molar-refractivity contribution in [3.63, 3.8) is 0 Å². The topological polar surface area (TPSA) is 24.6 Å². The maximum absolute atomic E-state index is 5.48. The monoisotopic (exact) mass is 139 g/mol. The third kappa shape index (κ3) is 0.663. The van der Waals surface area contributed by atoms with Crippen LogP contribution < -0.4 is 5.32 Å². The Morgan fingerprint density at radius 1 is 1.20 bits per heavy atom. The summed E-state index contributed by atoms with van der Waals surface area (Å²) in [7, 11) is 0. The van der Waals surface area contributed by atoms with Crippen LogP contribution in [0.25, 0.3) is 0 Å². The first-order valence-corrected chi connectivity index (χ1v) is 4.26. The molecule has 2 heteroatoms. The molecule has 2 unspecified atom stereocenters. The van der Waals surface area contributed by atoms with Gasteiger partial charge in [0.05, 0.1) is 12.2 Å². The van der Waals surface area contributed by atoms with E-state index in [-0.39, 0.29) is 0 Å². The van der Waals surface area contributed by atoms with Crippen molar-refractivity contribution in [2.24, 2.45) is 0 Å². The first-order chi connectivity index (χ1) is 4.86. The van der Waals surface area contributed by atoms with Gasteiger partial charge >= 0.3 is 0 Å². The molecule has 0 saturated carbocycles. The van der Waals surface area contributed by atoms with Gasteiger partial charge in [-0.2, -0.15) is 0 Å². The molecule has 0 amide bonds. The van der Waals surface area contributed by atoms with Crippen LogP contribution in [0.5, 0.6) is 0 Å². The van der Waals surface area contributed by atoms with Crippen molar-refractivity contribution < 1.29 is 4.74 Å². The molecule has 3 aliphatic heterocycles. The molecule has 0 aromatic heterocycles. The SMILES string of the molecule is C1CC2CC3(CO3)CC1N2. The van der Waals surface area contributed by atoms with Crippen LogP contribution in [-0.2, 0) is 4.74 Å². The molecule has 3 fully saturated rings. The van der Waals surface area contributed by atoms with Crippen LogP contribution in [0.3, 0.4) is 0 Å². The molecular weight excluding hydrogens is 126 g/mol. The highest BCUT2D eigenvalue weighted by Crippen LogP contribution is 2.44. The molecule has 0 radical (unpaired) electrons. The van der Waals surface area contributed by atoms with Gasteiger partial charge < -0.3 is 10.1 Å². The van der Waals surface area contributed by atoms with Gasteiger partial charge in [-0.3, -0.25) is 0 Å². The molecule has 0 aromatic carbocycles. The van der Waals surface area contributed by atoms with E-state index in [1.54, 1.807) is 0 Å². The Kier molecular flexibility index (Phi) is 0.868. The highest BCUT2D eigenvalue weighted by molar-refractivity contribution is 5.06. The minimum Gasteiger partial charge on any atom is -0.369 e. The molecule has 3 aliphatic rings. The summed E-state index contributed by atoms with van der Waals surface area (Å²) in [6.45, 7) is 1.04. The lowest BCUT2D eigenvalue weighted by Gasteiger charge is -2.26. The second kappa shape index (κ2) is 1.56. The summed E-state index contributed by atoms with van der Waals surface area (Å²) >= 11 is 0. The molecule has 2 bridgehead atoms. The summed E-state index contributed by atoms with van der Waals surface area (Å²) in [5.74, 6) is 0. The second-order valence-electron chi connectivity index (χ2n) is 4.02. The molecule has 2 nitrogen and oxygen atoms in total. The van der Waals surface area contributed by atoms with Crippen LogP contribution in [0.2, 0.25) is 0 Å². The number of ether oxygens (including phenoxy) is 1. The molecule has 10 heavy (non-hydrogen) atoms. The zero-order chi connectivity index (χ0) is 6.60. The van der Waals surface area contributed by atoms with Crippen molar-refractivity contribution in [2.45, 2.75) is 43.4 Å². The molecule has 0 aliphatic carbocycles. The minimum absolute atomic E-state index is 0.372. The van der Waals surface area contributed by atoms with Crippen molar-refractivity contribution in [1.82, 2.24) is 5.32 Å². The second-order valence-corrected chi connectivity index (χ2v) is 4.02. The third-order valence-corrected chi connectivity index (χ3v) is 3.12. The summed E-state index contributed by atoms with van der Waals surface area (Å²) in [4.78, 5) is 0. The number of nitrogens with one attached hydrogen (secondary N) is 1. The van der Waals surface area contributed by atoms with Crippen LogP contribution in [0.4, 0.5) is 0 Å². The van der Waals surface area contributed by atoms with Gasteiger partial charge in [0.2, 0.25) is 0 Å². The van der Waals surface area contributed by atoms with Crippen molar-refractivity contribution in [3.8, 4) is 0 Å². The van der Waals surface area contributed by atoms with Gasteiger partial charge in [-0.05, 0) is 25.7 Å². The Bertz CT molecular complexity index is 151. The van der Waals surface area contributed by atoms with E-state index in [0.717, 1.165) is 18.7 Å². The van der Waals surface area contributed by atoms with Gasteiger partial charge in [-0.25, -0.2) is 0 Å². The van der Waals surface area contributed by atoms with Gasteiger partial charge in [-0.15, -0.1) is 0 Å². The maximum atomic E-state index is 5.48. The Labute approximate surface area is 60.9 Å². The first kappa shape index (κ1) is 5.56. The zero-order valence-corrected chi connectivity index (χ0v) is 6.10. The lowest BCUT2D eigenvalue weighted by Crippen LogP contribution is -2.42. The molecule has 3 saturated heterocycles. The van der Waals surface area contributed by atoms with Crippen LogP contribution >= 0.6 is 0 Å². The Morgan fingerprint density at radius 2 is 1.80 bits per heavy atom. The van der Waals surface area contributed by atoms with Crippen LogP contribution in [0, 0.1) is 0 Å². The fraction of sp³-hybridized carbons (Fsp3) is 1.00. The summed E-state index contributed by atoms with van der Waals surface area (Å²) in [5, 5.41) is 3.61. The van der Waals surface area contributed by atoms with Gasteiger partial charge in [-0.1, -0.05) is 0 Å². The van der Waals surface area contributed by atoms with Gasteiger partial charge in [0.25, 0.3) is 0 Å². The number of piperidine rings is 1. The molecular formula is C8H13NO. The van der Waals surface area contributed by atoms with E-state index in [4.69, 9.17) is 4.74 Å². The number of hydrogen-bond acceptors (Lipinski definition) is 2. The van der Waals surface area contributed by atoms with Crippen molar-refractivity contribution in [2.75, 3.05) is 6.61 Å². The van der Waals surface area contributed by atoms with Crippen molar-refractivity contribution in [1.29, 1.82) is 0 Å². The van der Waals surface area contributed by atoms with Gasteiger partial charge in [0, 0.05) is 12.1 Å². The number of hydrogen-bond donors (Lipinski definition) is 1. The zero-order valence-electron chi connectivity index (χ0n) is 6.10. The summed E-state index contributed by atoms with van der Waals surface area (Å²) < 4.78 is 5.48. The Hall–Kier alpha value is -0.0800. The number of epoxide rings is 1. The Morgan fingerprint density at radius 3 is 2.30 bits per heavy atom. The van der Waals surface area contributed by atoms with E-state index in [2.05, 4.69) is 5.32 Å². The Balaban J connectivity index is 1.84. The normalized spacial score (nSPS) is 57.6. The predicted octanol–water partition coefficient (Wildman–Crippen LogP) is 0.670. The molecule has 3 heterocycles. The highest BCUT2D eigenvalue weighted by atomic mass is 16.6. The van der Waals surface area contributed by atoms with Crippen LogP contribution in [0.1, 0.15) is 25.7 Å². The highest BCUT2D eigenvalue weighted by Gasteiger charge is 2.52. The summed E-state index contributed by atoms with van der Waals surface area (Å²) in [6.07, 6.45) is 5.33. The fourth-order valence-corrected chi connectivity index (χ4v) is 2.54. The van der Waals surface area contributed by atoms with Crippen LogP contribution in [0.15, 0.2) is 0 Å². The lowest BCUT2D eigenvalue weighted by atomic mass is 9.93. The van der Waals surface area contributed by atoms with E-state index in [1.165, 1.54) is 25.7 Å². The van der Waals surface area contributed by atoms with E-state index in [9.17, 15) is 0 Å². The predicted molar refractivity (Wildman–Crippen MR) is 37.9 cm³/mol. The molecule has 0 aromatic rings. The average Bonchev–Trinajstić information content (AvgIpc) is 2.56. The van der Waals surface area contributed by atoms with Crippen LogP contribution in [-0.4, -0.2) is 24.3 Å². The molecule has 56 valence electrons. The number of fused-ring (bicyclic) bond motifs is 2. The van der Waals surface area contributed by atoms with E-state index < -0.39 is 0 Å². The lowest BCUT2D eigenvalue weighted by molar-refractivity contribution is 0.210. The maximum Gasteiger partial charge on any atom is 0.0946 e.